The number of piperidine rings is 1. The molecule has 0 amide bonds. The predicted molar refractivity (Wildman–Crippen MR) is 84.3 cm³/mol. The summed E-state index contributed by atoms with van der Waals surface area (Å²) in [6, 6.07) is 5.40. The van der Waals surface area contributed by atoms with Crippen molar-refractivity contribution in [3.05, 3.63) is 29.8 Å². The third-order valence-corrected chi connectivity index (χ3v) is 6.33. The lowest BCUT2D eigenvalue weighted by atomic mass is 9.76. The van der Waals surface area contributed by atoms with Crippen LogP contribution in [0.1, 0.15) is 44.0 Å². The van der Waals surface area contributed by atoms with Crippen LogP contribution in [0, 0.1) is 11.3 Å². The van der Waals surface area contributed by atoms with Crippen LogP contribution in [0.15, 0.2) is 29.2 Å². The molecule has 1 aromatic carbocycles. The third kappa shape index (κ3) is 3.50. The maximum atomic E-state index is 12.6. The number of hydrogen-bond acceptors (Lipinski definition) is 3. The van der Waals surface area contributed by atoms with Gasteiger partial charge in [0, 0.05) is 13.1 Å². The van der Waals surface area contributed by atoms with Gasteiger partial charge >= 0.3 is 5.97 Å². The molecule has 22 heavy (non-hydrogen) atoms. The number of hydrogen-bond donors (Lipinski definition) is 1. The van der Waals surface area contributed by atoms with Gasteiger partial charge in [-0.15, -0.1) is 0 Å². The first-order chi connectivity index (χ1) is 10.1. The van der Waals surface area contributed by atoms with E-state index in [1.54, 1.807) is 0 Å². The first kappa shape index (κ1) is 17.0. The number of rotatable bonds is 3. The molecule has 1 aliphatic heterocycles. The second-order valence-electron chi connectivity index (χ2n) is 6.87. The van der Waals surface area contributed by atoms with Crippen molar-refractivity contribution in [3.63, 3.8) is 0 Å². The summed E-state index contributed by atoms with van der Waals surface area (Å²) in [6.45, 7) is 7.60. The maximum Gasteiger partial charge on any atom is 0.335 e. The van der Waals surface area contributed by atoms with Crippen molar-refractivity contribution in [1.82, 2.24) is 4.31 Å². The van der Waals surface area contributed by atoms with E-state index in [4.69, 9.17) is 5.11 Å². The minimum absolute atomic E-state index is 0.0883. The topological polar surface area (TPSA) is 74.7 Å². The van der Waals surface area contributed by atoms with E-state index >= 15 is 0 Å². The average molecular weight is 325 g/mol. The Morgan fingerprint density at radius 2 is 1.64 bits per heavy atom. The molecule has 6 heteroatoms. The molecular weight excluding hydrogens is 302 g/mol. The van der Waals surface area contributed by atoms with Crippen LogP contribution in [0.2, 0.25) is 0 Å². The van der Waals surface area contributed by atoms with Gasteiger partial charge in [-0.1, -0.05) is 20.8 Å². The standard InChI is InChI=1S/C16H23NO4S/c1-16(2,3)13-8-10-17(11-9-13)22(20,21)14-6-4-12(5-7-14)15(18)19/h4-7,13H,8-11H2,1-3H3,(H,18,19). The molecule has 5 nitrogen and oxygen atoms in total. The lowest BCUT2D eigenvalue weighted by Crippen LogP contribution is -2.41. The summed E-state index contributed by atoms with van der Waals surface area (Å²) in [5.74, 6) is -0.539. The van der Waals surface area contributed by atoms with Gasteiger partial charge in [-0.3, -0.25) is 0 Å². The molecule has 0 radical (unpaired) electrons. The molecule has 0 spiro atoms. The van der Waals surface area contributed by atoms with E-state index in [1.165, 1.54) is 28.6 Å². The molecule has 1 N–H and O–H groups in total. The van der Waals surface area contributed by atoms with Gasteiger partial charge in [0.25, 0.3) is 0 Å². The summed E-state index contributed by atoms with van der Waals surface area (Å²) in [4.78, 5) is 11.0. The Kier molecular flexibility index (Phi) is 4.63. The lowest BCUT2D eigenvalue weighted by Gasteiger charge is -2.38. The summed E-state index contributed by atoms with van der Waals surface area (Å²) in [5, 5.41) is 8.87. The number of benzene rings is 1. The molecule has 1 fully saturated rings. The minimum atomic E-state index is -3.53. The molecule has 0 bridgehead atoms. The van der Waals surface area contributed by atoms with Crippen molar-refractivity contribution in [2.45, 2.75) is 38.5 Å². The number of carboxylic acid groups (broad SMARTS) is 1. The van der Waals surface area contributed by atoms with Crippen LogP contribution < -0.4 is 0 Å². The van der Waals surface area contributed by atoms with Crippen molar-refractivity contribution in [2.24, 2.45) is 11.3 Å². The Hall–Kier alpha value is -1.40. The second kappa shape index (κ2) is 6.01. The van der Waals surface area contributed by atoms with Gasteiger partial charge in [0.1, 0.15) is 0 Å². The lowest BCUT2D eigenvalue weighted by molar-refractivity contribution is 0.0696. The fraction of sp³-hybridized carbons (Fsp3) is 0.562. The fourth-order valence-corrected chi connectivity index (χ4v) is 4.35. The Balaban J connectivity index is 2.13. The number of aromatic carboxylic acids is 1. The second-order valence-corrected chi connectivity index (χ2v) is 8.81. The Labute approximate surface area is 132 Å². The first-order valence-corrected chi connectivity index (χ1v) is 8.90. The number of carboxylic acids is 1. The quantitative estimate of drug-likeness (QED) is 0.927. The molecule has 1 heterocycles. The zero-order valence-electron chi connectivity index (χ0n) is 13.2. The van der Waals surface area contributed by atoms with E-state index in [0.717, 1.165) is 12.8 Å². The molecule has 0 unspecified atom stereocenters. The van der Waals surface area contributed by atoms with Crippen LogP contribution in [-0.4, -0.2) is 36.9 Å². The van der Waals surface area contributed by atoms with Crippen LogP contribution in [0.25, 0.3) is 0 Å². The number of carbonyl (C=O) groups is 1. The van der Waals surface area contributed by atoms with Crippen molar-refractivity contribution < 1.29 is 18.3 Å². The zero-order chi connectivity index (χ0) is 16.5. The Morgan fingerprint density at radius 1 is 1.14 bits per heavy atom. The molecule has 1 aromatic rings. The van der Waals surface area contributed by atoms with Gasteiger partial charge in [0.15, 0.2) is 0 Å². The number of nitrogens with zero attached hydrogens (tertiary/aromatic N) is 1. The summed E-state index contributed by atoms with van der Waals surface area (Å²) < 4.78 is 26.7. The van der Waals surface area contributed by atoms with E-state index < -0.39 is 16.0 Å². The van der Waals surface area contributed by atoms with E-state index in [0.29, 0.717) is 19.0 Å². The maximum absolute atomic E-state index is 12.6. The van der Waals surface area contributed by atoms with Crippen molar-refractivity contribution in [2.75, 3.05) is 13.1 Å². The summed E-state index contributed by atoms with van der Waals surface area (Å²) in [6.07, 6.45) is 1.71. The molecular formula is C16H23NO4S. The van der Waals surface area contributed by atoms with Crippen LogP contribution >= 0.6 is 0 Å². The molecule has 0 aliphatic carbocycles. The van der Waals surface area contributed by atoms with Crippen LogP contribution in [0.3, 0.4) is 0 Å². The normalized spacial score (nSPS) is 18.3. The van der Waals surface area contributed by atoms with E-state index in [-0.39, 0.29) is 15.9 Å². The van der Waals surface area contributed by atoms with E-state index in [9.17, 15) is 13.2 Å². The van der Waals surface area contributed by atoms with Crippen molar-refractivity contribution in [1.29, 1.82) is 0 Å². The fourth-order valence-electron chi connectivity index (χ4n) is 2.88. The Morgan fingerprint density at radius 3 is 2.05 bits per heavy atom. The molecule has 1 saturated heterocycles. The van der Waals surface area contributed by atoms with Crippen molar-refractivity contribution in [3.8, 4) is 0 Å². The zero-order valence-corrected chi connectivity index (χ0v) is 14.1. The summed E-state index contributed by atoms with van der Waals surface area (Å²) in [7, 11) is -3.53. The highest BCUT2D eigenvalue weighted by molar-refractivity contribution is 7.89. The highest BCUT2D eigenvalue weighted by Crippen LogP contribution is 2.35. The largest absolute Gasteiger partial charge is 0.478 e. The van der Waals surface area contributed by atoms with Gasteiger partial charge in [-0.2, -0.15) is 4.31 Å². The summed E-state index contributed by atoms with van der Waals surface area (Å²) >= 11 is 0. The van der Waals surface area contributed by atoms with E-state index in [2.05, 4.69) is 20.8 Å². The van der Waals surface area contributed by atoms with Gasteiger partial charge in [-0.25, -0.2) is 13.2 Å². The van der Waals surface area contributed by atoms with Gasteiger partial charge in [0.05, 0.1) is 10.5 Å². The molecule has 1 aliphatic rings. The minimum Gasteiger partial charge on any atom is -0.478 e. The van der Waals surface area contributed by atoms with Gasteiger partial charge in [-0.05, 0) is 48.4 Å². The van der Waals surface area contributed by atoms with Crippen LogP contribution in [-0.2, 0) is 10.0 Å². The highest BCUT2D eigenvalue weighted by Gasteiger charge is 2.33. The average Bonchev–Trinajstić information content (AvgIpc) is 2.46. The van der Waals surface area contributed by atoms with Gasteiger partial charge < -0.3 is 5.11 Å². The van der Waals surface area contributed by atoms with E-state index in [1.807, 2.05) is 0 Å². The molecule has 122 valence electrons. The van der Waals surface area contributed by atoms with Crippen LogP contribution in [0.5, 0.6) is 0 Å². The molecule has 2 rings (SSSR count). The smallest absolute Gasteiger partial charge is 0.335 e. The number of sulfonamides is 1. The van der Waals surface area contributed by atoms with Crippen molar-refractivity contribution >= 4 is 16.0 Å². The molecule has 0 aromatic heterocycles. The SMILES string of the molecule is CC(C)(C)C1CCN(S(=O)(=O)c2ccc(C(=O)O)cc2)CC1. The monoisotopic (exact) mass is 325 g/mol. The first-order valence-electron chi connectivity index (χ1n) is 7.46. The van der Waals surface area contributed by atoms with Crippen LogP contribution in [0.4, 0.5) is 0 Å². The Bertz CT molecular complexity index is 636. The molecule has 0 atom stereocenters. The summed E-state index contributed by atoms with van der Waals surface area (Å²) in [5.41, 5.74) is 0.282. The third-order valence-electron chi connectivity index (χ3n) is 4.42. The highest BCUT2D eigenvalue weighted by atomic mass is 32.2. The predicted octanol–water partition coefficient (Wildman–Crippen LogP) is 2.83. The van der Waals surface area contributed by atoms with Gasteiger partial charge in [0.2, 0.25) is 10.0 Å². The molecule has 0 saturated carbocycles.